The van der Waals surface area contributed by atoms with Gasteiger partial charge in [-0.15, -0.1) is 0 Å². The van der Waals surface area contributed by atoms with Crippen LogP contribution in [0, 0.1) is 6.92 Å². The number of esters is 1. The van der Waals surface area contributed by atoms with Gasteiger partial charge in [0.15, 0.2) is 0 Å². The molecule has 5 nitrogen and oxygen atoms in total. The predicted octanol–water partition coefficient (Wildman–Crippen LogP) is 2.52. The Hall–Kier alpha value is -1.30. The summed E-state index contributed by atoms with van der Waals surface area (Å²) < 4.78 is 4.94. The Morgan fingerprint density at radius 2 is 2.32 bits per heavy atom. The Labute approximate surface area is 118 Å². The first-order chi connectivity index (χ1) is 9.08. The molecule has 1 aromatic heterocycles. The Balaban J connectivity index is 2.68. The lowest BCUT2D eigenvalue weighted by Gasteiger charge is -2.13. The highest BCUT2D eigenvalue weighted by molar-refractivity contribution is 7.98. The Bertz CT molecular complexity index is 426. The van der Waals surface area contributed by atoms with Gasteiger partial charge in [-0.2, -0.15) is 11.8 Å². The van der Waals surface area contributed by atoms with E-state index in [0.29, 0.717) is 29.9 Å². The van der Waals surface area contributed by atoms with Gasteiger partial charge in [0, 0.05) is 12.2 Å². The first kappa shape index (κ1) is 15.8. The molecule has 6 heteroatoms. The summed E-state index contributed by atoms with van der Waals surface area (Å²) in [6, 6.07) is 0.306. The number of nitrogens with zero attached hydrogens (tertiary/aromatic N) is 2. The molecule has 0 saturated heterocycles. The molecule has 0 aliphatic heterocycles. The van der Waals surface area contributed by atoms with Crippen molar-refractivity contribution in [2.75, 3.05) is 23.9 Å². The molecule has 0 spiro atoms. The second-order valence-electron chi connectivity index (χ2n) is 4.24. The van der Waals surface area contributed by atoms with E-state index in [-0.39, 0.29) is 5.97 Å². The van der Waals surface area contributed by atoms with E-state index in [4.69, 9.17) is 4.74 Å². The van der Waals surface area contributed by atoms with Crippen molar-refractivity contribution >= 4 is 23.7 Å². The summed E-state index contributed by atoms with van der Waals surface area (Å²) in [7, 11) is 0. The minimum absolute atomic E-state index is 0.306. The van der Waals surface area contributed by atoms with Crippen LogP contribution < -0.4 is 5.32 Å². The van der Waals surface area contributed by atoms with Crippen molar-refractivity contribution in [2.24, 2.45) is 0 Å². The SMILES string of the molecule is CCOC(=O)c1cnc(NC(C)CCSC)nc1C. The third-order valence-corrected chi connectivity index (χ3v) is 3.25. The molecule has 1 unspecified atom stereocenters. The third-order valence-electron chi connectivity index (χ3n) is 2.61. The van der Waals surface area contributed by atoms with Crippen molar-refractivity contribution < 1.29 is 9.53 Å². The largest absolute Gasteiger partial charge is 0.462 e. The van der Waals surface area contributed by atoms with Gasteiger partial charge < -0.3 is 10.1 Å². The summed E-state index contributed by atoms with van der Waals surface area (Å²) in [6.45, 7) is 6.00. The van der Waals surface area contributed by atoms with E-state index in [0.717, 1.165) is 12.2 Å². The van der Waals surface area contributed by atoms with Gasteiger partial charge in [-0.25, -0.2) is 14.8 Å². The first-order valence-corrected chi connectivity index (χ1v) is 7.74. The molecule has 0 aromatic carbocycles. The smallest absolute Gasteiger partial charge is 0.341 e. The van der Waals surface area contributed by atoms with E-state index in [9.17, 15) is 4.79 Å². The second kappa shape index (κ2) is 7.99. The highest BCUT2D eigenvalue weighted by Crippen LogP contribution is 2.11. The minimum Gasteiger partial charge on any atom is -0.462 e. The van der Waals surface area contributed by atoms with Crippen LogP contribution in [0.4, 0.5) is 5.95 Å². The van der Waals surface area contributed by atoms with Crippen molar-refractivity contribution in [1.82, 2.24) is 9.97 Å². The monoisotopic (exact) mass is 283 g/mol. The van der Waals surface area contributed by atoms with Crippen LogP contribution in [0.2, 0.25) is 0 Å². The molecular formula is C13H21N3O2S. The quantitative estimate of drug-likeness (QED) is 0.776. The second-order valence-corrected chi connectivity index (χ2v) is 5.23. The molecule has 106 valence electrons. The summed E-state index contributed by atoms with van der Waals surface area (Å²) in [4.78, 5) is 20.1. The maximum atomic E-state index is 11.6. The molecule has 0 aliphatic rings. The van der Waals surface area contributed by atoms with Crippen LogP contribution in [0.3, 0.4) is 0 Å². The van der Waals surface area contributed by atoms with Crippen LogP contribution in [0.5, 0.6) is 0 Å². The molecule has 1 aromatic rings. The molecular weight excluding hydrogens is 262 g/mol. The molecule has 1 atom stereocenters. The molecule has 0 bridgehead atoms. The lowest BCUT2D eigenvalue weighted by molar-refractivity contribution is 0.0524. The number of nitrogens with one attached hydrogen (secondary N) is 1. The molecule has 1 rings (SSSR count). The number of aromatic nitrogens is 2. The lowest BCUT2D eigenvalue weighted by Crippen LogP contribution is -2.19. The molecule has 19 heavy (non-hydrogen) atoms. The summed E-state index contributed by atoms with van der Waals surface area (Å²) in [5, 5.41) is 3.23. The zero-order valence-corrected chi connectivity index (χ0v) is 12.7. The number of hydrogen-bond acceptors (Lipinski definition) is 6. The number of rotatable bonds is 7. The number of carbonyl (C=O) groups is 1. The highest BCUT2D eigenvalue weighted by Gasteiger charge is 2.13. The zero-order chi connectivity index (χ0) is 14.3. The van der Waals surface area contributed by atoms with E-state index in [1.54, 1.807) is 13.8 Å². The van der Waals surface area contributed by atoms with Crippen LogP contribution in [0.25, 0.3) is 0 Å². The minimum atomic E-state index is -0.373. The van der Waals surface area contributed by atoms with Gasteiger partial charge in [0.25, 0.3) is 0 Å². The van der Waals surface area contributed by atoms with Crippen LogP contribution in [0.15, 0.2) is 6.20 Å². The predicted molar refractivity (Wildman–Crippen MR) is 78.8 cm³/mol. The number of ether oxygens (including phenoxy) is 1. The Kier molecular flexibility index (Phi) is 6.62. The fraction of sp³-hybridized carbons (Fsp3) is 0.615. The Morgan fingerprint density at radius 1 is 1.58 bits per heavy atom. The van der Waals surface area contributed by atoms with Gasteiger partial charge in [0.1, 0.15) is 0 Å². The van der Waals surface area contributed by atoms with E-state index < -0.39 is 0 Å². The molecule has 1 N–H and O–H groups in total. The van der Waals surface area contributed by atoms with Crippen molar-refractivity contribution in [3.8, 4) is 0 Å². The van der Waals surface area contributed by atoms with Gasteiger partial charge in [-0.1, -0.05) is 0 Å². The zero-order valence-electron chi connectivity index (χ0n) is 11.9. The summed E-state index contributed by atoms with van der Waals surface area (Å²) in [5.74, 6) is 1.27. The number of carbonyl (C=O) groups excluding carboxylic acids is 1. The van der Waals surface area contributed by atoms with Crippen LogP contribution in [-0.2, 0) is 4.74 Å². The van der Waals surface area contributed by atoms with Crippen molar-refractivity contribution in [3.63, 3.8) is 0 Å². The summed E-state index contributed by atoms with van der Waals surface area (Å²) in [6.07, 6.45) is 4.65. The maximum Gasteiger partial charge on any atom is 0.341 e. The van der Waals surface area contributed by atoms with Gasteiger partial charge >= 0.3 is 5.97 Å². The number of thioether (sulfide) groups is 1. The van der Waals surface area contributed by atoms with Crippen LogP contribution in [-0.4, -0.2) is 40.6 Å². The maximum absolute atomic E-state index is 11.6. The summed E-state index contributed by atoms with van der Waals surface area (Å²) in [5.41, 5.74) is 1.05. The topological polar surface area (TPSA) is 64.1 Å². The fourth-order valence-corrected chi connectivity index (χ4v) is 2.12. The van der Waals surface area contributed by atoms with Gasteiger partial charge in [0.05, 0.1) is 17.9 Å². The molecule has 0 radical (unpaired) electrons. The van der Waals surface area contributed by atoms with E-state index >= 15 is 0 Å². The van der Waals surface area contributed by atoms with Gasteiger partial charge in [-0.05, 0) is 39.2 Å². The lowest BCUT2D eigenvalue weighted by atomic mass is 10.2. The molecule has 0 amide bonds. The molecule has 1 heterocycles. The van der Waals surface area contributed by atoms with Gasteiger partial charge in [-0.3, -0.25) is 0 Å². The van der Waals surface area contributed by atoms with Crippen LogP contribution in [0.1, 0.15) is 36.3 Å². The highest BCUT2D eigenvalue weighted by atomic mass is 32.2. The van der Waals surface area contributed by atoms with E-state index in [1.807, 2.05) is 11.8 Å². The van der Waals surface area contributed by atoms with Crippen molar-refractivity contribution in [3.05, 3.63) is 17.5 Å². The Morgan fingerprint density at radius 3 is 2.89 bits per heavy atom. The van der Waals surface area contributed by atoms with Crippen molar-refractivity contribution in [2.45, 2.75) is 33.2 Å². The average molecular weight is 283 g/mol. The molecule has 0 fully saturated rings. The van der Waals surface area contributed by atoms with E-state index in [1.165, 1.54) is 6.20 Å². The average Bonchev–Trinajstić information content (AvgIpc) is 2.36. The van der Waals surface area contributed by atoms with Crippen molar-refractivity contribution in [1.29, 1.82) is 0 Å². The van der Waals surface area contributed by atoms with Crippen LogP contribution >= 0.6 is 11.8 Å². The first-order valence-electron chi connectivity index (χ1n) is 6.34. The molecule has 0 aliphatic carbocycles. The normalized spacial score (nSPS) is 12.0. The van der Waals surface area contributed by atoms with E-state index in [2.05, 4.69) is 28.5 Å². The molecule has 0 saturated carbocycles. The number of anilines is 1. The fourth-order valence-electron chi connectivity index (χ4n) is 1.53. The number of hydrogen-bond donors (Lipinski definition) is 1. The number of aryl methyl sites for hydroxylation is 1. The summed E-state index contributed by atoms with van der Waals surface area (Å²) >= 11 is 1.81. The standard InChI is InChI=1S/C13H21N3O2S/c1-5-18-12(17)11-8-14-13(16-10(11)3)15-9(2)6-7-19-4/h8-9H,5-7H2,1-4H3,(H,14,15,16). The van der Waals surface area contributed by atoms with Gasteiger partial charge in [0.2, 0.25) is 5.95 Å². The third kappa shape index (κ3) is 5.06.